The monoisotopic (exact) mass is 225 g/mol. The maximum atomic E-state index is 11.7. The van der Waals surface area contributed by atoms with Crippen molar-refractivity contribution in [3.05, 3.63) is 23.8 Å². The van der Waals surface area contributed by atoms with E-state index in [1.165, 1.54) is 0 Å². The molecule has 0 amide bonds. The molecule has 82 valence electrons. The molecule has 0 aromatic heterocycles. The average Bonchev–Trinajstić information content (AvgIpc) is 2.28. The summed E-state index contributed by atoms with van der Waals surface area (Å²) >= 11 is 1.62. The van der Waals surface area contributed by atoms with Crippen molar-refractivity contribution in [1.29, 1.82) is 0 Å². The smallest absolute Gasteiger partial charge is 0.167 e. The summed E-state index contributed by atoms with van der Waals surface area (Å²) in [7, 11) is 1.57. The summed E-state index contributed by atoms with van der Waals surface area (Å²) in [6.07, 6.45) is 2.34. The highest BCUT2D eigenvalue weighted by Gasteiger charge is 2.11. The first-order valence-corrected chi connectivity index (χ1v) is 5.90. The maximum absolute atomic E-state index is 11.7. The van der Waals surface area contributed by atoms with E-state index >= 15 is 0 Å². The van der Waals surface area contributed by atoms with Crippen molar-refractivity contribution in [1.82, 2.24) is 0 Å². The third-order valence-electron chi connectivity index (χ3n) is 2.08. The molecule has 1 aromatic carbocycles. The Balaban J connectivity index is 3.02. The standard InChI is InChI=1S/C11H15NO2S/c1-14-11-7-8(15-2)3-4-9(11)10(13)5-6-12/h3-4,7H,5-6,12H2,1-2H3. The van der Waals surface area contributed by atoms with Gasteiger partial charge in [0.05, 0.1) is 12.7 Å². The summed E-state index contributed by atoms with van der Waals surface area (Å²) in [4.78, 5) is 12.7. The molecule has 0 bridgehead atoms. The average molecular weight is 225 g/mol. The van der Waals surface area contributed by atoms with Crippen molar-refractivity contribution in [2.24, 2.45) is 5.73 Å². The number of hydrogen-bond acceptors (Lipinski definition) is 4. The quantitative estimate of drug-likeness (QED) is 0.614. The van der Waals surface area contributed by atoms with Gasteiger partial charge in [-0.3, -0.25) is 4.79 Å². The highest BCUT2D eigenvalue weighted by Crippen LogP contribution is 2.26. The van der Waals surface area contributed by atoms with Gasteiger partial charge in [0.2, 0.25) is 0 Å². The molecule has 0 fully saturated rings. The minimum absolute atomic E-state index is 0.0296. The molecule has 0 unspecified atom stereocenters. The Kier molecular flexibility index (Phi) is 4.65. The van der Waals surface area contributed by atoms with Gasteiger partial charge in [0, 0.05) is 11.3 Å². The van der Waals surface area contributed by atoms with E-state index in [1.54, 1.807) is 24.9 Å². The van der Waals surface area contributed by atoms with Crippen LogP contribution >= 0.6 is 11.8 Å². The van der Waals surface area contributed by atoms with Gasteiger partial charge in [0.25, 0.3) is 0 Å². The van der Waals surface area contributed by atoms with Crippen molar-refractivity contribution in [2.45, 2.75) is 11.3 Å². The summed E-state index contributed by atoms with van der Waals surface area (Å²) in [6.45, 7) is 0.367. The fraction of sp³-hybridized carbons (Fsp3) is 0.364. The number of hydrogen-bond donors (Lipinski definition) is 1. The van der Waals surface area contributed by atoms with E-state index in [1.807, 2.05) is 18.4 Å². The number of carbonyl (C=O) groups is 1. The normalized spacial score (nSPS) is 10.1. The predicted octanol–water partition coefficient (Wildman–Crippen LogP) is 1.95. The first kappa shape index (κ1) is 12.1. The third kappa shape index (κ3) is 2.97. The Labute approximate surface area is 94.0 Å². The van der Waals surface area contributed by atoms with Crippen LogP contribution in [0.25, 0.3) is 0 Å². The van der Waals surface area contributed by atoms with Crippen LogP contribution in [0.5, 0.6) is 5.75 Å². The van der Waals surface area contributed by atoms with Gasteiger partial charge in [-0.2, -0.15) is 0 Å². The van der Waals surface area contributed by atoms with Gasteiger partial charge >= 0.3 is 0 Å². The first-order valence-electron chi connectivity index (χ1n) is 4.68. The Morgan fingerprint density at radius 1 is 1.53 bits per heavy atom. The second-order valence-corrected chi connectivity index (χ2v) is 3.91. The first-order chi connectivity index (χ1) is 7.22. The molecule has 0 aliphatic carbocycles. The van der Waals surface area contributed by atoms with Gasteiger partial charge in [-0.1, -0.05) is 0 Å². The van der Waals surface area contributed by atoms with E-state index in [0.29, 0.717) is 24.3 Å². The van der Waals surface area contributed by atoms with Crippen LogP contribution < -0.4 is 10.5 Å². The molecule has 1 rings (SSSR count). The predicted molar refractivity (Wildman–Crippen MR) is 62.8 cm³/mol. The molecule has 0 spiro atoms. The van der Waals surface area contributed by atoms with Crippen LogP contribution in [0.4, 0.5) is 0 Å². The molecule has 2 N–H and O–H groups in total. The fourth-order valence-corrected chi connectivity index (χ4v) is 1.72. The zero-order valence-corrected chi connectivity index (χ0v) is 9.76. The van der Waals surface area contributed by atoms with Crippen LogP contribution in [0.3, 0.4) is 0 Å². The van der Waals surface area contributed by atoms with Crippen molar-refractivity contribution in [3.8, 4) is 5.75 Å². The van der Waals surface area contributed by atoms with Crippen molar-refractivity contribution >= 4 is 17.5 Å². The molecule has 4 heteroatoms. The van der Waals surface area contributed by atoms with E-state index in [4.69, 9.17) is 10.5 Å². The third-order valence-corrected chi connectivity index (χ3v) is 2.81. The van der Waals surface area contributed by atoms with E-state index in [2.05, 4.69) is 0 Å². The molecular formula is C11H15NO2S. The molecule has 15 heavy (non-hydrogen) atoms. The number of benzene rings is 1. The van der Waals surface area contributed by atoms with Crippen molar-refractivity contribution in [3.63, 3.8) is 0 Å². The minimum atomic E-state index is 0.0296. The summed E-state index contributed by atoms with van der Waals surface area (Å²) in [5.41, 5.74) is 5.96. The highest BCUT2D eigenvalue weighted by atomic mass is 32.2. The van der Waals surface area contributed by atoms with Gasteiger partial charge in [0.1, 0.15) is 5.75 Å². The molecule has 0 aliphatic heterocycles. The van der Waals surface area contributed by atoms with E-state index in [-0.39, 0.29) is 5.78 Å². The maximum Gasteiger partial charge on any atom is 0.167 e. The molecule has 0 atom stereocenters. The number of methoxy groups -OCH3 is 1. The van der Waals surface area contributed by atoms with Crippen LogP contribution in [0, 0.1) is 0 Å². The van der Waals surface area contributed by atoms with Gasteiger partial charge in [-0.25, -0.2) is 0 Å². The zero-order valence-electron chi connectivity index (χ0n) is 8.95. The molecule has 0 aliphatic rings. The summed E-state index contributed by atoms with van der Waals surface area (Å²) in [5.74, 6) is 0.655. The molecule has 0 saturated carbocycles. The molecule has 0 saturated heterocycles. The summed E-state index contributed by atoms with van der Waals surface area (Å²) < 4.78 is 5.18. The Bertz CT molecular complexity index is 352. The zero-order chi connectivity index (χ0) is 11.3. The Hall–Kier alpha value is -1.00. The number of thioether (sulfide) groups is 1. The number of carbonyl (C=O) groups excluding carboxylic acids is 1. The van der Waals surface area contributed by atoms with E-state index in [0.717, 1.165) is 4.90 Å². The van der Waals surface area contributed by atoms with Crippen molar-refractivity contribution < 1.29 is 9.53 Å². The van der Waals surface area contributed by atoms with Crippen LogP contribution in [0.2, 0.25) is 0 Å². The van der Waals surface area contributed by atoms with Gasteiger partial charge in [-0.05, 0) is 31.0 Å². The lowest BCUT2D eigenvalue weighted by molar-refractivity contribution is 0.0982. The Morgan fingerprint density at radius 3 is 2.80 bits per heavy atom. The van der Waals surface area contributed by atoms with Gasteiger partial charge in [0.15, 0.2) is 5.78 Å². The second-order valence-electron chi connectivity index (χ2n) is 3.03. The fourth-order valence-electron chi connectivity index (χ4n) is 1.29. The molecule has 0 heterocycles. The number of ether oxygens (including phenoxy) is 1. The lowest BCUT2D eigenvalue weighted by atomic mass is 10.1. The molecule has 0 radical (unpaired) electrons. The highest BCUT2D eigenvalue weighted by molar-refractivity contribution is 7.98. The number of Topliss-reactive ketones (excluding diaryl/α,β-unsaturated/α-hetero) is 1. The Morgan fingerprint density at radius 2 is 2.27 bits per heavy atom. The van der Waals surface area contributed by atoms with Gasteiger partial charge in [-0.15, -0.1) is 11.8 Å². The van der Waals surface area contributed by atoms with E-state index < -0.39 is 0 Å². The molecular weight excluding hydrogens is 210 g/mol. The van der Waals surface area contributed by atoms with Crippen LogP contribution in [0.1, 0.15) is 16.8 Å². The van der Waals surface area contributed by atoms with Crippen LogP contribution in [-0.4, -0.2) is 25.7 Å². The van der Waals surface area contributed by atoms with Crippen LogP contribution in [-0.2, 0) is 0 Å². The van der Waals surface area contributed by atoms with Gasteiger partial charge < -0.3 is 10.5 Å². The second kappa shape index (κ2) is 5.78. The number of rotatable bonds is 5. The minimum Gasteiger partial charge on any atom is -0.496 e. The molecule has 3 nitrogen and oxygen atoms in total. The number of ketones is 1. The largest absolute Gasteiger partial charge is 0.496 e. The van der Waals surface area contributed by atoms with Crippen molar-refractivity contribution in [2.75, 3.05) is 19.9 Å². The summed E-state index contributed by atoms with van der Waals surface area (Å²) in [5, 5.41) is 0. The topological polar surface area (TPSA) is 52.3 Å². The number of nitrogens with two attached hydrogens (primary N) is 1. The lowest BCUT2D eigenvalue weighted by Gasteiger charge is -2.08. The molecule has 1 aromatic rings. The summed E-state index contributed by atoms with van der Waals surface area (Å²) in [6, 6.07) is 5.58. The SMILES string of the molecule is COc1cc(SC)ccc1C(=O)CCN. The lowest BCUT2D eigenvalue weighted by Crippen LogP contribution is -2.09. The van der Waals surface area contributed by atoms with E-state index in [9.17, 15) is 4.79 Å². The van der Waals surface area contributed by atoms with Crippen LogP contribution in [0.15, 0.2) is 23.1 Å².